The lowest BCUT2D eigenvalue weighted by Gasteiger charge is -2.48. The first-order valence-corrected chi connectivity index (χ1v) is 8.39. The molecular formula is C16H33N3O. The number of nitrogens with zero attached hydrogens (tertiary/aromatic N) is 2. The predicted octanol–water partition coefficient (Wildman–Crippen LogP) is 1.69. The SMILES string of the molecule is CCN(CC)C1CCN(C2(CN)CC(C)OC(C)C2)C1. The smallest absolute Gasteiger partial charge is 0.0568 e. The number of rotatable bonds is 5. The minimum absolute atomic E-state index is 0.166. The van der Waals surface area contributed by atoms with E-state index < -0.39 is 0 Å². The lowest BCUT2D eigenvalue weighted by Crippen LogP contribution is -2.59. The van der Waals surface area contributed by atoms with Crippen molar-refractivity contribution in [1.29, 1.82) is 0 Å². The molecule has 0 radical (unpaired) electrons. The molecule has 118 valence electrons. The molecule has 2 N–H and O–H groups in total. The zero-order valence-electron chi connectivity index (χ0n) is 13.8. The Balaban J connectivity index is 2.05. The van der Waals surface area contributed by atoms with Crippen LogP contribution in [-0.2, 0) is 4.74 Å². The first kappa shape index (κ1) is 16.2. The van der Waals surface area contributed by atoms with Crippen LogP contribution >= 0.6 is 0 Å². The number of likely N-dealkylation sites (tertiary alicyclic amines) is 1. The second-order valence-electron chi connectivity index (χ2n) is 6.70. The number of hydrogen-bond donors (Lipinski definition) is 1. The van der Waals surface area contributed by atoms with Crippen molar-refractivity contribution >= 4 is 0 Å². The molecule has 0 amide bonds. The van der Waals surface area contributed by atoms with Crippen molar-refractivity contribution < 1.29 is 4.74 Å². The van der Waals surface area contributed by atoms with E-state index in [-0.39, 0.29) is 5.54 Å². The third-order valence-electron chi connectivity index (χ3n) is 5.34. The molecule has 0 bridgehead atoms. The summed E-state index contributed by atoms with van der Waals surface area (Å²) >= 11 is 0. The molecule has 4 heteroatoms. The molecule has 2 aliphatic heterocycles. The van der Waals surface area contributed by atoms with Gasteiger partial charge in [0.2, 0.25) is 0 Å². The van der Waals surface area contributed by atoms with Crippen LogP contribution in [0, 0.1) is 0 Å². The third-order valence-corrected chi connectivity index (χ3v) is 5.34. The molecule has 2 saturated heterocycles. The first-order valence-electron chi connectivity index (χ1n) is 8.39. The van der Waals surface area contributed by atoms with Crippen molar-refractivity contribution in [3.8, 4) is 0 Å². The van der Waals surface area contributed by atoms with E-state index in [1.807, 2.05) is 0 Å². The van der Waals surface area contributed by atoms with Crippen LogP contribution in [-0.4, -0.2) is 66.3 Å². The van der Waals surface area contributed by atoms with Crippen molar-refractivity contribution in [1.82, 2.24) is 9.80 Å². The van der Waals surface area contributed by atoms with Crippen LogP contribution in [0.3, 0.4) is 0 Å². The van der Waals surface area contributed by atoms with Crippen LogP contribution < -0.4 is 5.73 Å². The van der Waals surface area contributed by atoms with Gasteiger partial charge in [0, 0.05) is 31.2 Å². The topological polar surface area (TPSA) is 41.7 Å². The molecule has 0 saturated carbocycles. The van der Waals surface area contributed by atoms with E-state index in [4.69, 9.17) is 10.5 Å². The van der Waals surface area contributed by atoms with E-state index in [0.29, 0.717) is 18.2 Å². The van der Waals surface area contributed by atoms with Gasteiger partial charge in [-0.05, 0) is 46.2 Å². The fourth-order valence-corrected chi connectivity index (χ4v) is 4.41. The number of nitrogens with two attached hydrogens (primary N) is 1. The maximum atomic E-state index is 6.22. The summed E-state index contributed by atoms with van der Waals surface area (Å²) in [5.74, 6) is 0. The Morgan fingerprint density at radius 3 is 2.30 bits per heavy atom. The molecule has 3 atom stereocenters. The van der Waals surface area contributed by atoms with E-state index in [0.717, 1.165) is 32.5 Å². The molecule has 0 aromatic heterocycles. The summed E-state index contributed by atoms with van der Waals surface area (Å²) in [4.78, 5) is 5.27. The maximum Gasteiger partial charge on any atom is 0.0568 e. The van der Waals surface area contributed by atoms with Crippen LogP contribution in [0.4, 0.5) is 0 Å². The molecule has 2 aliphatic rings. The van der Waals surface area contributed by atoms with Crippen molar-refractivity contribution in [2.24, 2.45) is 5.73 Å². The van der Waals surface area contributed by atoms with Crippen LogP contribution in [0.15, 0.2) is 0 Å². The molecule has 0 aliphatic carbocycles. The summed E-state index contributed by atoms with van der Waals surface area (Å²) in [6.07, 6.45) is 4.11. The lowest BCUT2D eigenvalue weighted by molar-refractivity contribution is -0.0992. The number of likely N-dealkylation sites (N-methyl/N-ethyl adjacent to an activating group) is 1. The molecule has 2 heterocycles. The molecule has 0 aromatic rings. The fraction of sp³-hybridized carbons (Fsp3) is 1.00. The minimum Gasteiger partial charge on any atom is -0.375 e. The largest absolute Gasteiger partial charge is 0.375 e. The fourth-order valence-electron chi connectivity index (χ4n) is 4.41. The molecule has 2 rings (SSSR count). The van der Waals surface area contributed by atoms with E-state index in [9.17, 15) is 0 Å². The third kappa shape index (κ3) is 3.19. The highest BCUT2D eigenvalue weighted by Gasteiger charge is 2.45. The summed E-state index contributed by atoms with van der Waals surface area (Å²) in [7, 11) is 0. The second-order valence-corrected chi connectivity index (χ2v) is 6.70. The molecule has 3 unspecified atom stereocenters. The van der Waals surface area contributed by atoms with Crippen LogP contribution in [0.2, 0.25) is 0 Å². The standard InChI is InChI=1S/C16H33N3O/c1-5-18(6-2)15-7-8-19(11-15)16(12-17)9-13(3)20-14(4)10-16/h13-15H,5-12,17H2,1-4H3. The normalized spacial score (nSPS) is 39.6. The van der Waals surface area contributed by atoms with Gasteiger partial charge in [-0.15, -0.1) is 0 Å². The molecular weight excluding hydrogens is 250 g/mol. The summed E-state index contributed by atoms with van der Waals surface area (Å²) in [5.41, 5.74) is 6.38. The van der Waals surface area contributed by atoms with Gasteiger partial charge in [-0.2, -0.15) is 0 Å². The van der Waals surface area contributed by atoms with Crippen molar-refractivity contribution in [2.75, 3.05) is 32.7 Å². The van der Waals surface area contributed by atoms with Gasteiger partial charge in [0.25, 0.3) is 0 Å². The Morgan fingerprint density at radius 1 is 1.20 bits per heavy atom. The Kier molecular flexibility index (Phi) is 5.46. The highest BCUT2D eigenvalue weighted by atomic mass is 16.5. The van der Waals surface area contributed by atoms with E-state index in [1.165, 1.54) is 19.5 Å². The van der Waals surface area contributed by atoms with Gasteiger partial charge < -0.3 is 10.5 Å². The lowest BCUT2D eigenvalue weighted by atomic mass is 9.82. The molecule has 2 fully saturated rings. The summed E-state index contributed by atoms with van der Waals surface area (Å²) in [6, 6.07) is 0.710. The minimum atomic E-state index is 0.166. The zero-order chi connectivity index (χ0) is 14.8. The Morgan fingerprint density at radius 2 is 1.80 bits per heavy atom. The second kappa shape index (κ2) is 6.73. The molecule has 20 heavy (non-hydrogen) atoms. The van der Waals surface area contributed by atoms with E-state index in [1.54, 1.807) is 0 Å². The number of hydrogen-bond acceptors (Lipinski definition) is 4. The van der Waals surface area contributed by atoms with Crippen LogP contribution in [0.25, 0.3) is 0 Å². The first-order chi connectivity index (χ1) is 9.54. The summed E-state index contributed by atoms with van der Waals surface area (Å²) in [5, 5.41) is 0. The van der Waals surface area contributed by atoms with Crippen molar-refractivity contribution in [2.45, 2.75) is 70.7 Å². The predicted molar refractivity (Wildman–Crippen MR) is 83.9 cm³/mol. The monoisotopic (exact) mass is 283 g/mol. The van der Waals surface area contributed by atoms with Gasteiger partial charge in [0.15, 0.2) is 0 Å². The van der Waals surface area contributed by atoms with Crippen molar-refractivity contribution in [3.05, 3.63) is 0 Å². The van der Waals surface area contributed by atoms with Crippen LogP contribution in [0.1, 0.15) is 47.0 Å². The quantitative estimate of drug-likeness (QED) is 0.834. The Bertz CT molecular complexity index is 296. The summed E-state index contributed by atoms with van der Waals surface area (Å²) < 4.78 is 5.93. The highest BCUT2D eigenvalue weighted by molar-refractivity contribution is 5.01. The average molecular weight is 283 g/mol. The van der Waals surface area contributed by atoms with Gasteiger partial charge in [0.1, 0.15) is 0 Å². The van der Waals surface area contributed by atoms with Gasteiger partial charge in [-0.25, -0.2) is 0 Å². The summed E-state index contributed by atoms with van der Waals surface area (Å²) in [6.45, 7) is 14.4. The van der Waals surface area contributed by atoms with Crippen molar-refractivity contribution in [3.63, 3.8) is 0 Å². The van der Waals surface area contributed by atoms with Gasteiger partial charge in [0.05, 0.1) is 12.2 Å². The number of ether oxygens (including phenoxy) is 1. The molecule has 0 spiro atoms. The van der Waals surface area contributed by atoms with Crippen LogP contribution in [0.5, 0.6) is 0 Å². The average Bonchev–Trinajstić information content (AvgIpc) is 2.89. The molecule has 4 nitrogen and oxygen atoms in total. The Hall–Kier alpha value is -0.160. The van der Waals surface area contributed by atoms with Gasteiger partial charge in [-0.3, -0.25) is 9.80 Å². The molecule has 0 aromatic carbocycles. The van der Waals surface area contributed by atoms with E-state index in [2.05, 4.69) is 37.5 Å². The highest BCUT2D eigenvalue weighted by Crippen LogP contribution is 2.36. The van der Waals surface area contributed by atoms with Gasteiger partial charge >= 0.3 is 0 Å². The zero-order valence-corrected chi connectivity index (χ0v) is 13.8. The van der Waals surface area contributed by atoms with E-state index >= 15 is 0 Å². The maximum absolute atomic E-state index is 6.22. The van der Waals surface area contributed by atoms with Gasteiger partial charge in [-0.1, -0.05) is 13.8 Å². The Labute approximate surface area is 124 Å².